The van der Waals surface area contributed by atoms with Crippen molar-refractivity contribution in [2.24, 2.45) is 0 Å². The Morgan fingerprint density at radius 3 is 2.86 bits per heavy atom. The molecule has 2 N–H and O–H groups in total. The van der Waals surface area contributed by atoms with Gasteiger partial charge in [0.1, 0.15) is 23.7 Å². The van der Waals surface area contributed by atoms with E-state index in [1.54, 1.807) is 30.5 Å². The molecule has 0 amide bonds. The Morgan fingerprint density at radius 1 is 1.14 bits per heavy atom. The Morgan fingerprint density at radius 2 is 2.00 bits per heavy atom. The largest absolute Gasteiger partial charge is 0.487 e. The average molecular weight is 347 g/mol. The van der Waals surface area contributed by atoms with Crippen LogP contribution in [0.2, 0.25) is 0 Å². The lowest BCUT2D eigenvalue weighted by molar-refractivity contribution is 0.308. The zero-order chi connectivity index (χ0) is 14.8. The molecule has 0 saturated heterocycles. The first-order valence-corrected chi connectivity index (χ1v) is 7.15. The molecule has 0 unspecified atom stereocenters. The molecule has 0 radical (unpaired) electrons. The van der Waals surface area contributed by atoms with Gasteiger partial charge in [0.25, 0.3) is 0 Å². The summed E-state index contributed by atoms with van der Waals surface area (Å²) < 4.78 is 19.7. The first kappa shape index (κ1) is 13.8. The SMILES string of the molecule is Nc1ccc(OCc2cccc(F)c2Br)c2ncccc12. The van der Waals surface area contributed by atoms with Gasteiger partial charge >= 0.3 is 0 Å². The number of anilines is 1. The minimum Gasteiger partial charge on any atom is -0.487 e. The monoisotopic (exact) mass is 346 g/mol. The lowest BCUT2D eigenvalue weighted by atomic mass is 10.1. The van der Waals surface area contributed by atoms with Gasteiger partial charge in [-0.1, -0.05) is 12.1 Å². The first-order valence-electron chi connectivity index (χ1n) is 6.35. The van der Waals surface area contributed by atoms with E-state index in [4.69, 9.17) is 10.5 Å². The van der Waals surface area contributed by atoms with Crippen LogP contribution in [0.4, 0.5) is 10.1 Å². The van der Waals surface area contributed by atoms with Gasteiger partial charge < -0.3 is 10.5 Å². The highest BCUT2D eigenvalue weighted by molar-refractivity contribution is 9.10. The quantitative estimate of drug-likeness (QED) is 0.719. The summed E-state index contributed by atoms with van der Waals surface area (Å²) in [7, 11) is 0. The molecule has 1 heterocycles. The van der Waals surface area contributed by atoms with E-state index in [0.717, 1.165) is 10.9 Å². The van der Waals surface area contributed by atoms with E-state index in [9.17, 15) is 4.39 Å². The van der Waals surface area contributed by atoms with E-state index in [0.29, 0.717) is 21.4 Å². The molecule has 3 rings (SSSR count). The first-order chi connectivity index (χ1) is 10.2. The van der Waals surface area contributed by atoms with Gasteiger partial charge in [-0.15, -0.1) is 0 Å². The molecule has 0 aliphatic rings. The van der Waals surface area contributed by atoms with Crippen LogP contribution in [0.3, 0.4) is 0 Å². The molecule has 0 spiro atoms. The smallest absolute Gasteiger partial charge is 0.146 e. The summed E-state index contributed by atoms with van der Waals surface area (Å²) in [5.74, 6) is 0.312. The number of hydrogen-bond donors (Lipinski definition) is 1. The van der Waals surface area contributed by atoms with E-state index in [1.165, 1.54) is 6.07 Å². The van der Waals surface area contributed by atoms with Gasteiger partial charge in [0.15, 0.2) is 0 Å². The van der Waals surface area contributed by atoms with E-state index >= 15 is 0 Å². The number of pyridine rings is 1. The number of hydrogen-bond acceptors (Lipinski definition) is 3. The van der Waals surface area contributed by atoms with Crippen LogP contribution in [-0.4, -0.2) is 4.98 Å². The number of ether oxygens (including phenoxy) is 1. The van der Waals surface area contributed by atoms with Gasteiger partial charge in [-0.05, 0) is 46.3 Å². The minimum absolute atomic E-state index is 0.244. The third-order valence-corrected chi connectivity index (χ3v) is 4.07. The molecule has 3 nitrogen and oxygen atoms in total. The summed E-state index contributed by atoms with van der Waals surface area (Å²) in [5, 5.41) is 0.841. The molecule has 2 aromatic carbocycles. The topological polar surface area (TPSA) is 48.1 Å². The van der Waals surface area contributed by atoms with Crippen LogP contribution in [0.1, 0.15) is 5.56 Å². The van der Waals surface area contributed by atoms with E-state index in [-0.39, 0.29) is 12.4 Å². The maximum atomic E-state index is 13.5. The van der Waals surface area contributed by atoms with Gasteiger partial charge in [0.05, 0.1) is 4.47 Å². The number of benzene rings is 2. The number of aromatic nitrogens is 1. The van der Waals surface area contributed by atoms with E-state index in [2.05, 4.69) is 20.9 Å². The molecule has 21 heavy (non-hydrogen) atoms. The summed E-state index contributed by atoms with van der Waals surface area (Å²) in [6.07, 6.45) is 1.69. The Balaban J connectivity index is 1.92. The summed E-state index contributed by atoms with van der Waals surface area (Å²) in [5.41, 5.74) is 8.01. The van der Waals surface area contributed by atoms with Crippen LogP contribution in [-0.2, 0) is 6.61 Å². The van der Waals surface area contributed by atoms with Crippen LogP contribution in [0.5, 0.6) is 5.75 Å². The number of nitrogen functional groups attached to an aromatic ring is 1. The van der Waals surface area contributed by atoms with Crippen LogP contribution in [0.15, 0.2) is 53.1 Å². The predicted octanol–water partition coefficient (Wildman–Crippen LogP) is 4.30. The predicted molar refractivity (Wildman–Crippen MR) is 84.6 cm³/mol. The molecule has 0 bridgehead atoms. The van der Waals surface area contributed by atoms with Crippen molar-refractivity contribution in [3.8, 4) is 5.75 Å². The molecule has 5 heteroatoms. The van der Waals surface area contributed by atoms with Crippen molar-refractivity contribution in [1.29, 1.82) is 0 Å². The van der Waals surface area contributed by atoms with E-state index < -0.39 is 0 Å². The molecule has 106 valence electrons. The van der Waals surface area contributed by atoms with Gasteiger partial charge in [-0.3, -0.25) is 4.98 Å². The van der Waals surface area contributed by atoms with Crippen molar-refractivity contribution in [2.75, 3.05) is 5.73 Å². The fraction of sp³-hybridized carbons (Fsp3) is 0.0625. The zero-order valence-corrected chi connectivity index (χ0v) is 12.6. The zero-order valence-electron chi connectivity index (χ0n) is 11.0. The second-order valence-electron chi connectivity index (χ2n) is 4.55. The maximum Gasteiger partial charge on any atom is 0.146 e. The Hall–Kier alpha value is -2.14. The van der Waals surface area contributed by atoms with Crippen LogP contribution in [0, 0.1) is 5.82 Å². The normalized spacial score (nSPS) is 10.8. The second-order valence-corrected chi connectivity index (χ2v) is 5.35. The number of nitrogens with two attached hydrogens (primary N) is 1. The van der Waals surface area contributed by atoms with Crippen LogP contribution >= 0.6 is 15.9 Å². The van der Waals surface area contributed by atoms with Gasteiger partial charge in [0.2, 0.25) is 0 Å². The molecule has 1 aromatic heterocycles. The Kier molecular flexibility index (Phi) is 3.75. The fourth-order valence-corrected chi connectivity index (χ4v) is 2.48. The highest BCUT2D eigenvalue weighted by atomic mass is 79.9. The molecule has 0 aliphatic carbocycles. The summed E-state index contributed by atoms with van der Waals surface area (Å²) in [6.45, 7) is 0.244. The third kappa shape index (κ3) is 2.69. The van der Waals surface area contributed by atoms with E-state index in [1.807, 2.05) is 12.1 Å². The molecule has 0 aliphatic heterocycles. The molecular formula is C16H12BrFN2O. The number of halogens is 2. The maximum absolute atomic E-state index is 13.5. The second kappa shape index (κ2) is 5.69. The van der Waals surface area contributed by atoms with Crippen molar-refractivity contribution in [2.45, 2.75) is 6.61 Å². The number of fused-ring (bicyclic) bond motifs is 1. The molecule has 0 saturated carbocycles. The van der Waals surface area contributed by atoms with Crippen molar-refractivity contribution < 1.29 is 9.13 Å². The Bertz CT molecular complexity index is 807. The van der Waals surface area contributed by atoms with Crippen molar-refractivity contribution >= 4 is 32.5 Å². The van der Waals surface area contributed by atoms with Crippen molar-refractivity contribution in [1.82, 2.24) is 4.98 Å². The highest BCUT2D eigenvalue weighted by Gasteiger charge is 2.09. The van der Waals surface area contributed by atoms with Gasteiger partial charge in [-0.25, -0.2) is 4.39 Å². The minimum atomic E-state index is -0.309. The third-order valence-electron chi connectivity index (χ3n) is 3.18. The van der Waals surface area contributed by atoms with Crippen LogP contribution in [0.25, 0.3) is 10.9 Å². The molecule has 0 atom stereocenters. The lowest BCUT2D eigenvalue weighted by Gasteiger charge is -2.11. The van der Waals surface area contributed by atoms with Crippen LogP contribution < -0.4 is 10.5 Å². The summed E-state index contributed by atoms with van der Waals surface area (Å²) in [4.78, 5) is 4.30. The van der Waals surface area contributed by atoms with Gasteiger partial charge in [-0.2, -0.15) is 0 Å². The number of rotatable bonds is 3. The molecular weight excluding hydrogens is 335 g/mol. The average Bonchev–Trinajstić information content (AvgIpc) is 2.51. The summed E-state index contributed by atoms with van der Waals surface area (Å²) in [6, 6.07) is 12.1. The standard InChI is InChI=1S/C16H12BrFN2O/c17-15-10(3-1-5-12(15)18)9-21-14-7-6-13(19)11-4-2-8-20-16(11)14/h1-8H,9,19H2. The Labute approximate surface area is 129 Å². The lowest BCUT2D eigenvalue weighted by Crippen LogP contribution is -1.99. The van der Waals surface area contributed by atoms with Crippen molar-refractivity contribution in [3.63, 3.8) is 0 Å². The molecule has 0 fully saturated rings. The van der Waals surface area contributed by atoms with Crippen molar-refractivity contribution in [3.05, 3.63) is 64.5 Å². The highest BCUT2D eigenvalue weighted by Crippen LogP contribution is 2.29. The summed E-state index contributed by atoms with van der Waals surface area (Å²) >= 11 is 3.22. The van der Waals surface area contributed by atoms with Gasteiger partial charge in [0, 0.05) is 22.8 Å². The molecule has 3 aromatic rings. The number of nitrogens with zero attached hydrogens (tertiary/aromatic N) is 1. The fourth-order valence-electron chi connectivity index (χ4n) is 2.10.